The average Bonchev–Trinajstić information content (AvgIpc) is 2.75. The standard InChI is InChI=1S/C13H14N2O/c1-9-8-15-13(16-9)11-4-5-12-10(7-11)3-2-6-14-12/h4-5,7-8,14H,2-3,6H2,1H3. The minimum Gasteiger partial charge on any atom is -0.441 e. The molecule has 1 N–H and O–H groups in total. The van der Waals surface area contributed by atoms with Crippen LogP contribution in [-0.2, 0) is 6.42 Å². The molecule has 0 unspecified atom stereocenters. The third-order valence-corrected chi connectivity index (χ3v) is 2.91. The van der Waals surface area contributed by atoms with E-state index in [0.29, 0.717) is 5.89 Å². The molecule has 3 heteroatoms. The second-order valence-corrected chi connectivity index (χ2v) is 4.18. The fourth-order valence-electron chi connectivity index (χ4n) is 2.10. The van der Waals surface area contributed by atoms with Crippen molar-refractivity contribution in [2.75, 3.05) is 11.9 Å². The zero-order valence-electron chi connectivity index (χ0n) is 9.29. The number of fused-ring (bicyclic) bond motifs is 1. The third kappa shape index (κ3) is 1.58. The highest BCUT2D eigenvalue weighted by molar-refractivity contribution is 5.63. The van der Waals surface area contributed by atoms with Gasteiger partial charge in [0.15, 0.2) is 0 Å². The van der Waals surface area contributed by atoms with Gasteiger partial charge >= 0.3 is 0 Å². The van der Waals surface area contributed by atoms with Gasteiger partial charge in [0.05, 0.1) is 6.20 Å². The van der Waals surface area contributed by atoms with E-state index in [1.807, 2.05) is 6.92 Å². The summed E-state index contributed by atoms with van der Waals surface area (Å²) in [6, 6.07) is 6.35. The molecule has 0 saturated carbocycles. The largest absolute Gasteiger partial charge is 0.441 e. The van der Waals surface area contributed by atoms with Gasteiger partial charge < -0.3 is 9.73 Å². The first-order chi connectivity index (χ1) is 7.83. The molecule has 0 radical (unpaired) electrons. The van der Waals surface area contributed by atoms with Crippen LogP contribution in [0.1, 0.15) is 17.7 Å². The number of oxazole rings is 1. The van der Waals surface area contributed by atoms with Crippen molar-refractivity contribution < 1.29 is 4.42 Å². The Kier molecular flexibility index (Phi) is 2.17. The number of nitrogens with one attached hydrogen (secondary N) is 1. The summed E-state index contributed by atoms with van der Waals surface area (Å²) >= 11 is 0. The number of aryl methyl sites for hydroxylation is 2. The summed E-state index contributed by atoms with van der Waals surface area (Å²) in [5, 5.41) is 3.40. The third-order valence-electron chi connectivity index (χ3n) is 2.91. The zero-order valence-corrected chi connectivity index (χ0v) is 9.29. The van der Waals surface area contributed by atoms with Crippen LogP contribution in [0, 0.1) is 6.92 Å². The van der Waals surface area contributed by atoms with E-state index < -0.39 is 0 Å². The highest BCUT2D eigenvalue weighted by Gasteiger charge is 2.11. The van der Waals surface area contributed by atoms with Gasteiger partial charge in [-0.3, -0.25) is 0 Å². The topological polar surface area (TPSA) is 38.1 Å². The molecule has 0 atom stereocenters. The summed E-state index contributed by atoms with van der Waals surface area (Å²) < 4.78 is 5.53. The summed E-state index contributed by atoms with van der Waals surface area (Å²) in [6.45, 7) is 2.99. The molecule has 0 aliphatic carbocycles. The Morgan fingerprint density at radius 2 is 2.31 bits per heavy atom. The van der Waals surface area contributed by atoms with Crippen LogP contribution in [0.5, 0.6) is 0 Å². The molecule has 0 bridgehead atoms. The first kappa shape index (κ1) is 9.46. The molecule has 82 valence electrons. The molecule has 1 aromatic heterocycles. The molecule has 2 aromatic rings. The highest BCUT2D eigenvalue weighted by atomic mass is 16.4. The molecule has 0 fully saturated rings. The SMILES string of the molecule is Cc1cnc(-c2ccc3c(c2)CCCN3)o1. The first-order valence-electron chi connectivity index (χ1n) is 5.62. The lowest BCUT2D eigenvalue weighted by Gasteiger charge is -2.17. The monoisotopic (exact) mass is 214 g/mol. The predicted octanol–water partition coefficient (Wildman–Crippen LogP) is 3.01. The minimum atomic E-state index is 0.714. The van der Waals surface area contributed by atoms with Crippen molar-refractivity contribution in [1.29, 1.82) is 0 Å². The number of aromatic nitrogens is 1. The van der Waals surface area contributed by atoms with Gasteiger partial charge in [-0.15, -0.1) is 0 Å². The molecule has 1 aliphatic rings. The number of hydrogen-bond acceptors (Lipinski definition) is 3. The predicted molar refractivity (Wildman–Crippen MR) is 63.5 cm³/mol. The second-order valence-electron chi connectivity index (χ2n) is 4.18. The number of hydrogen-bond donors (Lipinski definition) is 1. The first-order valence-corrected chi connectivity index (χ1v) is 5.62. The molecule has 3 nitrogen and oxygen atoms in total. The van der Waals surface area contributed by atoms with Crippen LogP contribution in [0.25, 0.3) is 11.5 Å². The maximum atomic E-state index is 5.53. The maximum Gasteiger partial charge on any atom is 0.226 e. The van der Waals surface area contributed by atoms with Crippen LogP contribution in [0.2, 0.25) is 0 Å². The van der Waals surface area contributed by atoms with E-state index in [2.05, 4.69) is 28.5 Å². The van der Waals surface area contributed by atoms with Gasteiger partial charge in [-0.1, -0.05) is 0 Å². The minimum absolute atomic E-state index is 0.714. The Hall–Kier alpha value is -1.77. The van der Waals surface area contributed by atoms with E-state index in [4.69, 9.17) is 4.42 Å². The lowest BCUT2D eigenvalue weighted by atomic mass is 10.0. The second kappa shape index (κ2) is 3.67. The molecule has 2 heterocycles. The van der Waals surface area contributed by atoms with Crippen molar-refractivity contribution in [3.63, 3.8) is 0 Å². The number of nitrogens with zero attached hydrogens (tertiary/aromatic N) is 1. The molecule has 0 spiro atoms. The van der Waals surface area contributed by atoms with Crippen molar-refractivity contribution in [2.24, 2.45) is 0 Å². The normalized spacial score (nSPS) is 14.3. The lowest BCUT2D eigenvalue weighted by molar-refractivity contribution is 0.542. The molecule has 1 aromatic carbocycles. The van der Waals surface area contributed by atoms with E-state index in [1.54, 1.807) is 6.20 Å². The Morgan fingerprint density at radius 1 is 1.38 bits per heavy atom. The van der Waals surface area contributed by atoms with Crippen LogP contribution in [0.3, 0.4) is 0 Å². The summed E-state index contributed by atoms with van der Waals surface area (Å²) in [4.78, 5) is 4.25. The summed E-state index contributed by atoms with van der Waals surface area (Å²) in [5.74, 6) is 1.57. The Bertz CT molecular complexity index is 516. The van der Waals surface area contributed by atoms with Crippen molar-refractivity contribution >= 4 is 5.69 Å². The van der Waals surface area contributed by atoms with E-state index in [-0.39, 0.29) is 0 Å². The molecular formula is C13H14N2O. The summed E-state index contributed by atoms with van der Waals surface area (Å²) in [7, 11) is 0. The van der Waals surface area contributed by atoms with Crippen molar-refractivity contribution in [1.82, 2.24) is 4.98 Å². The van der Waals surface area contributed by atoms with Crippen LogP contribution in [0.15, 0.2) is 28.8 Å². The lowest BCUT2D eigenvalue weighted by Crippen LogP contribution is -2.11. The molecular weight excluding hydrogens is 200 g/mol. The molecule has 0 amide bonds. The van der Waals surface area contributed by atoms with Gasteiger partial charge in [0.2, 0.25) is 5.89 Å². The Morgan fingerprint density at radius 3 is 3.12 bits per heavy atom. The number of benzene rings is 1. The summed E-state index contributed by atoms with van der Waals surface area (Å²) in [6.07, 6.45) is 4.09. The smallest absolute Gasteiger partial charge is 0.226 e. The number of rotatable bonds is 1. The molecule has 0 saturated heterocycles. The van der Waals surface area contributed by atoms with Gasteiger partial charge in [-0.05, 0) is 43.5 Å². The van der Waals surface area contributed by atoms with E-state index in [1.165, 1.54) is 17.7 Å². The van der Waals surface area contributed by atoms with Crippen molar-refractivity contribution in [3.8, 4) is 11.5 Å². The van der Waals surface area contributed by atoms with E-state index >= 15 is 0 Å². The summed E-state index contributed by atoms with van der Waals surface area (Å²) in [5.41, 5.74) is 3.67. The van der Waals surface area contributed by atoms with Crippen LogP contribution < -0.4 is 5.32 Å². The maximum absolute atomic E-state index is 5.53. The van der Waals surface area contributed by atoms with Gasteiger partial charge in [0.1, 0.15) is 5.76 Å². The van der Waals surface area contributed by atoms with Crippen LogP contribution in [0.4, 0.5) is 5.69 Å². The van der Waals surface area contributed by atoms with Gasteiger partial charge in [0.25, 0.3) is 0 Å². The van der Waals surface area contributed by atoms with Crippen LogP contribution >= 0.6 is 0 Å². The van der Waals surface area contributed by atoms with Gasteiger partial charge in [-0.25, -0.2) is 4.98 Å². The van der Waals surface area contributed by atoms with Crippen LogP contribution in [-0.4, -0.2) is 11.5 Å². The zero-order chi connectivity index (χ0) is 11.0. The fraction of sp³-hybridized carbons (Fsp3) is 0.308. The molecule has 1 aliphatic heterocycles. The highest BCUT2D eigenvalue weighted by Crippen LogP contribution is 2.27. The van der Waals surface area contributed by atoms with Gasteiger partial charge in [0, 0.05) is 17.8 Å². The Labute approximate surface area is 94.5 Å². The number of anilines is 1. The van der Waals surface area contributed by atoms with Crippen molar-refractivity contribution in [2.45, 2.75) is 19.8 Å². The fourth-order valence-corrected chi connectivity index (χ4v) is 2.10. The Balaban J connectivity index is 2.02. The quantitative estimate of drug-likeness (QED) is 0.793. The molecule has 16 heavy (non-hydrogen) atoms. The molecule has 3 rings (SSSR count). The van der Waals surface area contributed by atoms with E-state index in [0.717, 1.165) is 24.3 Å². The van der Waals surface area contributed by atoms with Gasteiger partial charge in [-0.2, -0.15) is 0 Å². The van der Waals surface area contributed by atoms with E-state index in [9.17, 15) is 0 Å². The average molecular weight is 214 g/mol. The van der Waals surface area contributed by atoms with Crippen molar-refractivity contribution in [3.05, 3.63) is 35.7 Å².